The van der Waals surface area contributed by atoms with Crippen molar-refractivity contribution in [1.29, 1.82) is 0 Å². The molecule has 0 aliphatic carbocycles. The summed E-state index contributed by atoms with van der Waals surface area (Å²) in [5.41, 5.74) is 4.62. The minimum Gasteiger partial charge on any atom is -0.306 e. The molecule has 0 saturated carbocycles. The zero-order chi connectivity index (χ0) is 64.2. The van der Waals surface area contributed by atoms with Crippen molar-refractivity contribution in [2.45, 2.75) is 158 Å². The fraction of sp³-hybridized carbons (Fsp3) is 0.444. The van der Waals surface area contributed by atoms with Crippen LogP contribution in [0, 0.1) is 23.7 Å². The smallest absolute Gasteiger partial charge is 0.261 e. The molecule has 0 radical (unpaired) electrons. The van der Waals surface area contributed by atoms with Gasteiger partial charge in [0.25, 0.3) is 23.6 Å². The van der Waals surface area contributed by atoms with E-state index in [1.807, 2.05) is 70.5 Å². The Morgan fingerprint density at radius 2 is 0.500 bits per heavy atom. The van der Waals surface area contributed by atoms with Crippen molar-refractivity contribution < 1.29 is 38.4 Å². The van der Waals surface area contributed by atoms with Gasteiger partial charge in [0.1, 0.15) is 0 Å². The fourth-order valence-electron chi connectivity index (χ4n) is 12.6. The molecule has 18 heteroatoms. The molecular formula is C72H84N4O8S6. The highest BCUT2D eigenvalue weighted by Gasteiger charge is 2.52. The molecule has 12 nitrogen and oxygen atoms in total. The van der Waals surface area contributed by atoms with Crippen LogP contribution in [0.5, 0.6) is 0 Å². The van der Waals surface area contributed by atoms with E-state index in [-0.39, 0.29) is 23.6 Å². The molecule has 4 aliphatic heterocycles. The van der Waals surface area contributed by atoms with E-state index in [1.165, 1.54) is 45.3 Å². The lowest BCUT2D eigenvalue weighted by Crippen LogP contribution is -2.34. The molecule has 476 valence electrons. The van der Waals surface area contributed by atoms with Gasteiger partial charge in [0.15, 0.2) is 25.1 Å². The number of thiophene rings is 6. The number of hydrogen-bond acceptors (Lipinski definition) is 14. The van der Waals surface area contributed by atoms with E-state index in [9.17, 15) is 38.4 Å². The molecule has 4 atom stereocenters. The summed E-state index contributed by atoms with van der Waals surface area (Å²) < 4.78 is 0. The van der Waals surface area contributed by atoms with Gasteiger partial charge in [-0.25, -0.2) is 0 Å². The third-order valence-electron chi connectivity index (χ3n) is 17.9. The minimum absolute atomic E-state index is 0.0963. The fourth-order valence-corrected chi connectivity index (χ4v) is 18.3. The van der Waals surface area contributed by atoms with Gasteiger partial charge in [-0.2, -0.15) is 0 Å². The Kier molecular flexibility index (Phi) is 24.1. The quantitative estimate of drug-likeness (QED) is 0.0363. The molecule has 10 rings (SSSR count). The van der Waals surface area contributed by atoms with Crippen molar-refractivity contribution in [2.75, 3.05) is 26.2 Å². The van der Waals surface area contributed by atoms with E-state index in [0.717, 1.165) is 178 Å². The monoisotopic (exact) mass is 1320 g/mol. The Bertz CT molecular complexity index is 3490. The van der Waals surface area contributed by atoms with E-state index in [0.29, 0.717) is 103 Å². The first-order valence-electron chi connectivity index (χ1n) is 32.4. The summed E-state index contributed by atoms with van der Waals surface area (Å²) >= 11 is 8.68. The Hall–Kier alpha value is -6.28. The lowest BCUT2D eigenvalue weighted by Gasteiger charge is -2.29. The first-order valence-corrected chi connectivity index (χ1v) is 37.3. The van der Waals surface area contributed by atoms with Gasteiger partial charge in [0, 0.05) is 45.7 Å². The zero-order valence-corrected chi connectivity index (χ0v) is 58.1. The van der Waals surface area contributed by atoms with Crippen LogP contribution in [0.15, 0.2) is 95.1 Å². The molecule has 6 aromatic rings. The summed E-state index contributed by atoms with van der Waals surface area (Å²) in [6, 6.07) is 23.0. The Morgan fingerprint density at radius 3 is 0.722 bits per heavy atom. The van der Waals surface area contributed by atoms with Gasteiger partial charge in [0.2, 0.25) is 0 Å². The summed E-state index contributed by atoms with van der Waals surface area (Å²) in [6.45, 7) is 19.6. The van der Waals surface area contributed by atoms with Crippen molar-refractivity contribution in [3.8, 4) is 19.5 Å². The SMILES string of the molecule is CCCCC(CC)CN1C(=O)C2=C(c3ccc(-c4ccc(C=O)s4)s3)N(CC(CC)CCCC)C(=O)C2=C1c1ccc(-c2ccc(C=O)s2)s1.CCCCC(CC)CN1C(=O)C2=C(c3ccc(C=O)s3)N(CC(CC)CCCC)C(=O)C2=C1c1ccc(C=O)s1. The number of carbonyl (C=O) groups is 8. The van der Waals surface area contributed by atoms with E-state index < -0.39 is 0 Å². The molecule has 4 aliphatic rings. The number of unbranched alkanes of at least 4 members (excludes halogenated alkanes) is 4. The van der Waals surface area contributed by atoms with Crippen molar-refractivity contribution in [3.63, 3.8) is 0 Å². The summed E-state index contributed by atoms with van der Waals surface area (Å²) in [7, 11) is 0. The largest absolute Gasteiger partial charge is 0.306 e. The topological polar surface area (TPSA) is 150 Å². The number of aldehydes is 4. The van der Waals surface area contributed by atoms with Crippen LogP contribution >= 0.6 is 68.0 Å². The predicted molar refractivity (Wildman–Crippen MR) is 373 cm³/mol. The van der Waals surface area contributed by atoms with Crippen LogP contribution in [-0.4, -0.2) is 94.6 Å². The number of amides is 4. The first kappa shape index (κ1) is 68.1. The molecule has 10 heterocycles. The van der Waals surface area contributed by atoms with Crippen molar-refractivity contribution >= 4 is 140 Å². The van der Waals surface area contributed by atoms with Gasteiger partial charge in [-0.05, 0) is 122 Å². The standard InChI is InChI=1S/C40H44N2O4S4.C32H40N2O4S2/c1-5-9-11-25(7-3)21-41-37(33-19-17-31(49-33)29-15-13-27(23-43)47-29)35-36(39(41)45)38(42(40(35)46)22-26(8-4)12-10-6-2)34-20-18-32(50-34)30-16-14-28(24-44)48-30;1-5-9-11-21(7-3)17-33-29(25-15-13-23(19-35)39-25)27-28(31(33)37)30(26-16-14-24(20-36)40-26)34(32(27)38)18-22(8-4)12-10-6-2/h13-20,23-26H,5-12,21-22H2,1-4H3;13-16,19-22H,5-12,17-18H2,1-4H3. The maximum Gasteiger partial charge on any atom is 0.261 e. The lowest BCUT2D eigenvalue weighted by molar-refractivity contribution is -0.124. The normalized spacial score (nSPS) is 16.3. The molecule has 4 unspecified atom stereocenters. The van der Waals surface area contributed by atoms with Crippen molar-refractivity contribution in [3.05, 3.63) is 134 Å². The Morgan fingerprint density at radius 1 is 0.300 bits per heavy atom. The number of fused-ring (bicyclic) bond motifs is 2. The number of nitrogens with zero attached hydrogens (tertiary/aromatic N) is 4. The summed E-state index contributed by atoms with van der Waals surface area (Å²) in [6.07, 6.45) is 19.9. The molecule has 0 aromatic carbocycles. The van der Waals surface area contributed by atoms with E-state index in [4.69, 9.17) is 0 Å². The van der Waals surface area contributed by atoms with Crippen LogP contribution < -0.4 is 0 Å². The van der Waals surface area contributed by atoms with Gasteiger partial charge in [-0.3, -0.25) is 38.4 Å². The highest BCUT2D eigenvalue weighted by atomic mass is 32.1. The third-order valence-corrected chi connectivity index (χ3v) is 24.5. The first-order chi connectivity index (χ1) is 43.8. The summed E-state index contributed by atoms with van der Waals surface area (Å²) in [5, 5.41) is 0. The second-order valence-electron chi connectivity index (χ2n) is 23.8. The van der Waals surface area contributed by atoms with Gasteiger partial charge in [0.05, 0.1) is 84.1 Å². The lowest BCUT2D eigenvalue weighted by atomic mass is 9.98. The van der Waals surface area contributed by atoms with Gasteiger partial charge in [-0.15, -0.1) is 68.0 Å². The predicted octanol–water partition coefficient (Wildman–Crippen LogP) is 18.8. The highest BCUT2D eigenvalue weighted by molar-refractivity contribution is 7.24. The average molecular weight is 1330 g/mol. The Labute approximate surface area is 555 Å². The van der Waals surface area contributed by atoms with Crippen molar-refractivity contribution in [1.82, 2.24) is 19.6 Å². The molecule has 0 saturated heterocycles. The molecule has 0 fully saturated rings. The Balaban J connectivity index is 0.000000219. The number of hydrogen-bond donors (Lipinski definition) is 0. The second kappa shape index (κ2) is 31.8. The molecule has 0 spiro atoms. The second-order valence-corrected chi connectivity index (χ2v) is 30.5. The average Bonchev–Trinajstić information content (AvgIpc) is 1.57. The van der Waals surface area contributed by atoms with E-state index in [2.05, 4.69) is 55.4 Å². The van der Waals surface area contributed by atoms with E-state index >= 15 is 0 Å². The van der Waals surface area contributed by atoms with Gasteiger partial charge >= 0.3 is 0 Å². The molecule has 0 bridgehead atoms. The van der Waals surface area contributed by atoms with Crippen LogP contribution in [0.4, 0.5) is 0 Å². The zero-order valence-electron chi connectivity index (χ0n) is 53.2. The van der Waals surface area contributed by atoms with Gasteiger partial charge < -0.3 is 19.6 Å². The molecule has 90 heavy (non-hydrogen) atoms. The molecule has 4 amide bonds. The highest BCUT2D eigenvalue weighted by Crippen LogP contribution is 2.53. The third kappa shape index (κ3) is 14.5. The molecule has 0 N–H and O–H groups in total. The van der Waals surface area contributed by atoms with Crippen molar-refractivity contribution in [2.24, 2.45) is 23.7 Å². The van der Waals surface area contributed by atoms with Crippen LogP contribution in [0.1, 0.15) is 216 Å². The van der Waals surface area contributed by atoms with E-state index in [1.54, 1.807) is 44.6 Å². The maximum atomic E-state index is 14.9. The minimum atomic E-state index is -0.158. The summed E-state index contributed by atoms with van der Waals surface area (Å²) in [5.74, 6) is 0.731. The number of rotatable bonds is 34. The van der Waals surface area contributed by atoms with Crippen LogP contribution in [0.2, 0.25) is 0 Å². The molecular weight excluding hydrogens is 1240 g/mol. The van der Waals surface area contributed by atoms with Gasteiger partial charge in [-0.1, -0.05) is 132 Å². The van der Waals surface area contributed by atoms with Crippen LogP contribution in [0.25, 0.3) is 42.3 Å². The molecule has 6 aromatic heterocycles. The summed E-state index contributed by atoms with van der Waals surface area (Å²) in [4.78, 5) is 122. The van der Waals surface area contributed by atoms with Crippen LogP contribution in [-0.2, 0) is 19.2 Å². The maximum absolute atomic E-state index is 14.9. The van der Waals surface area contributed by atoms with Crippen LogP contribution in [0.3, 0.4) is 0 Å². The number of carbonyl (C=O) groups excluding carboxylic acids is 8.